The minimum atomic E-state index is 1.14. The van der Waals surface area contributed by atoms with Crippen molar-refractivity contribution in [2.24, 2.45) is 0 Å². The Hall–Kier alpha value is -2.08. The average Bonchev–Trinajstić information content (AvgIpc) is 2.54. The molecule has 0 amide bonds. The molecule has 0 aliphatic heterocycles. The first-order valence-corrected chi connectivity index (χ1v) is 6.79. The molecule has 0 radical (unpaired) electrons. The minimum Gasteiger partial charge on any atom is -0.134 e. The fraction of sp³-hybridized carbons (Fsp3) is 0. The highest BCUT2D eigenvalue weighted by Gasteiger charge is 2.14. The van der Waals surface area contributed by atoms with Crippen molar-refractivity contribution in [2.45, 2.75) is 0 Å². The van der Waals surface area contributed by atoms with Gasteiger partial charge in [0.05, 0.1) is 4.88 Å². The quantitative estimate of drug-likeness (QED) is 0.576. The molecule has 2 bridgehead atoms. The van der Waals surface area contributed by atoms with Crippen LogP contribution in [0, 0.1) is 0 Å². The lowest BCUT2D eigenvalue weighted by molar-refractivity contribution is 1.75. The first kappa shape index (κ1) is 9.90. The van der Waals surface area contributed by atoms with E-state index >= 15 is 0 Å². The number of rotatable bonds is 0. The van der Waals surface area contributed by atoms with Gasteiger partial charge in [-0.15, -0.1) is 17.1 Å². The van der Waals surface area contributed by atoms with Gasteiger partial charge in [0.15, 0.2) is 0 Å². The van der Waals surface area contributed by atoms with E-state index in [2.05, 4.69) is 66.5 Å². The monoisotopic (exact) mass is 246 g/mol. The van der Waals surface area contributed by atoms with Crippen LogP contribution >= 0.6 is 11.3 Å². The van der Waals surface area contributed by atoms with Crippen LogP contribution in [0.3, 0.4) is 0 Å². The Bertz CT molecular complexity index is 803. The molecule has 84 valence electrons. The molecule has 1 aromatic carbocycles. The summed E-state index contributed by atoms with van der Waals surface area (Å²) in [6.45, 7) is 0. The Labute approximate surface area is 110 Å². The molecule has 1 aromatic heterocycles. The summed E-state index contributed by atoms with van der Waals surface area (Å²) < 4.78 is 1.34. The SMILES string of the molecule is C1=C2C=CC=CC=1c1sc3ccccc3c1C=C2. The van der Waals surface area contributed by atoms with E-state index in [-0.39, 0.29) is 0 Å². The van der Waals surface area contributed by atoms with Gasteiger partial charge in [-0.3, -0.25) is 0 Å². The van der Waals surface area contributed by atoms with Crippen LogP contribution in [0.25, 0.3) is 21.7 Å². The summed E-state index contributed by atoms with van der Waals surface area (Å²) >= 11 is 1.85. The third-order valence-corrected chi connectivity index (χ3v) is 4.46. The highest BCUT2D eigenvalue weighted by Crippen LogP contribution is 2.38. The van der Waals surface area contributed by atoms with Crippen molar-refractivity contribution < 1.29 is 0 Å². The van der Waals surface area contributed by atoms with E-state index in [1.54, 1.807) is 0 Å². The molecule has 0 N–H and O–H groups in total. The van der Waals surface area contributed by atoms with E-state index in [9.17, 15) is 0 Å². The minimum absolute atomic E-state index is 1.14. The molecular weight excluding hydrogens is 236 g/mol. The van der Waals surface area contributed by atoms with Crippen molar-refractivity contribution in [2.75, 3.05) is 0 Å². The van der Waals surface area contributed by atoms with Gasteiger partial charge in [-0.2, -0.15) is 0 Å². The Morgan fingerprint density at radius 2 is 1.78 bits per heavy atom. The molecule has 4 rings (SSSR count). The zero-order chi connectivity index (χ0) is 11.9. The summed E-state index contributed by atoms with van der Waals surface area (Å²) in [7, 11) is 0. The second kappa shape index (κ2) is 3.71. The topological polar surface area (TPSA) is 0 Å². The maximum absolute atomic E-state index is 3.48. The van der Waals surface area contributed by atoms with Crippen molar-refractivity contribution in [3.05, 3.63) is 76.4 Å². The zero-order valence-electron chi connectivity index (χ0n) is 9.68. The van der Waals surface area contributed by atoms with Crippen molar-refractivity contribution in [3.63, 3.8) is 0 Å². The molecule has 0 fully saturated rings. The average molecular weight is 246 g/mol. The molecule has 0 saturated heterocycles. The van der Waals surface area contributed by atoms with Crippen LogP contribution in [-0.2, 0) is 0 Å². The normalized spacial score (nSPS) is 16.0. The fourth-order valence-electron chi connectivity index (χ4n) is 2.38. The van der Waals surface area contributed by atoms with E-state index < -0.39 is 0 Å². The number of thiophene rings is 1. The lowest BCUT2D eigenvalue weighted by atomic mass is 10.1. The lowest BCUT2D eigenvalue weighted by Crippen LogP contribution is -1.77. The van der Waals surface area contributed by atoms with Crippen molar-refractivity contribution in [3.8, 4) is 0 Å². The predicted molar refractivity (Wildman–Crippen MR) is 79.6 cm³/mol. The first-order chi connectivity index (χ1) is 8.92. The molecule has 0 unspecified atom stereocenters. The molecule has 1 heterocycles. The molecule has 2 aliphatic carbocycles. The van der Waals surface area contributed by atoms with Gasteiger partial charge in [0.25, 0.3) is 0 Å². The predicted octanol–water partition coefficient (Wildman–Crippen LogP) is 4.96. The van der Waals surface area contributed by atoms with Crippen molar-refractivity contribution >= 4 is 33.1 Å². The summed E-state index contributed by atoms with van der Waals surface area (Å²) in [5, 5.41) is 1.34. The van der Waals surface area contributed by atoms with E-state index in [0.717, 1.165) is 5.57 Å². The highest BCUT2D eigenvalue weighted by atomic mass is 32.1. The zero-order valence-corrected chi connectivity index (χ0v) is 10.5. The first-order valence-electron chi connectivity index (χ1n) is 5.97. The number of allylic oxidation sites excluding steroid dienone is 6. The number of benzene rings is 1. The number of fused-ring (bicyclic) bond motifs is 4. The van der Waals surface area contributed by atoms with Gasteiger partial charge in [0, 0.05) is 26.8 Å². The molecule has 0 spiro atoms. The third kappa shape index (κ3) is 1.39. The third-order valence-electron chi connectivity index (χ3n) is 3.24. The van der Waals surface area contributed by atoms with Crippen LogP contribution in [0.4, 0.5) is 0 Å². The van der Waals surface area contributed by atoms with E-state index in [0.29, 0.717) is 0 Å². The van der Waals surface area contributed by atoms with E-state index in [1.807, 2.05) is 11.3 Å². The van der Waals surface area contributed by atoms with Crippen LogP contribution in [-0.4, -0.2) is 0 Å². The van der Waals surface area contributed by atoms with Gasteiger partial charge in [-0.1, -0.05) is 36.4 Å². The van der Waals surface area contributed by atoms with Crippen molar-refractivity contribution in [1.82, 2.24) is 0 Å². The summed E-state index contributed by atoms with van der Waals surface area (Å²) in [5.41, 5.74) is 7.14. The smallest absolute Gasteiger partial charge is 0.0505 e. The highest BCUT2D eigenvalue weighted by molar-refractivity contribution is 7.20. The lowest BCUT2D eigenvalue weighted by Gasteiger charge is -1.97. The Kier molecular flexibility index (Phi) is 2.04. The number of hydrogen-bond donors (Lipinski definition) is 0. The van der Waals surface area contributed by atoms with Crippen LogP contribution in [0.5, 0.6) is 0 Å². The van der Waals surface area contributed by atoms with Gasteiger partial charge >= 0.3 is 0 Å². The van der Waals surface area contributed by atoms with Gasteiger partial charge in [-0.05, 0) is 24.3 Å². The van der Waals surface area contributed by atoms with Crippen molar-refractivity contribution in [1.29, 1.82) is 0 Å². The number of hydrogen-bond acceptors (Lipinski definition) is 1. The molecule has 2 aliphatic rings. The van der Waals surface area contributed by atoms with Gasteiger partial charge in [-0.25, -0.2) is 0 Å². The van der Waals surface area contributed by atoms with Crippen LogP contribution < -0.4 is 0 Å². The van der Waals surface area contributed by atoms with Crippen LogP contribution in [0.15, 0.2) is 65.9 Å². The molecule has 1 heteroatoms. The van der Waals surface area contributed by atoms with Gasteiger partial charge in [0.1, 0.15) is 0 Å². The standard InChI is InChI=1S/C17H10S/c1-2-6-13-11-12(5-1)9-10-15-14-7-3-4-8-16(14)18-17(13)15/h1-10H. The fourth-order valence-corrected chi connectivity index (χ4v) is 3.56. The van der Waals surface area contributed by atoms with Gasteiger partial charge in [0.2, 0.25) is 0 Å². The van der Waals surface area contributed by atoms with Crippen LogP contribution in [0.2, 0.25) is 0 Å². The second-order valence-corrected chi connectivity index (χ2v) is 5.44. The van der Waals surface area contributed by atoms with Gasteiger partial charge < -0.3 is 0 Å². The molecule has 0 saturated carbocycles. The van der Waals surface area contributed by atoms with Crippen LogP contribution in [0.1, 0.15) is 10.4 Å². The summed E-state index contributed by atoms with van der Waals surface area (Å²) in [6, 6.07) is 8.59. The largest absolute Gasteiger partial charge is 0.134 e. The molecule has 0 nitrogen and oxygen atoms in total. The molecule has 18 heavy (non-hydrogen) atoms. The van der Waals surface area contributed by atoms with E-state index in [4.69, 9.17) is 0 Å². The summed E-state index contributed by atoms with van der Waals surface area (Å²) in [6.07, 6.45) is 12.8. The second-order valence-electron chi connectivity index (χ2n) is 4.39. The van der Waals surface area contributed by atoms with E-state index in [1.165, 1.54) is 26.1 Å². The Morgan fingerprint density at radius 1 is 0.889 bits per heavy atom. The summed E-state index contributed by atoms with van der Waals surface area (Å²) in [5.74, 6) is 0. The molecular formula is C17H10S. The Morgan fingerprint density at radius 3 is 2.78 bits per heavy atom. The Balaban J connectivity index is 2.11. The maximum atomic E-state index is 3.48. The molecule has 2 aromatic rings. The summed E-state index contributed by atoms with van der Waals surface area (Å²) in [4.78, 5) is 1.32. The molecule has 0 atom stereocenters. The maximum Gasteiger partial charge on any atom is 0.0505 e.